The minimum atomic E-state index is -2.14. The first-order chi connectivity index (χ1) is 10.3. The molecular formula is C11H14BFN6O2S. The third-order valence-corrected chi connectivity index (χ3v) is 2.81. The first kappa shape index (κ1) is 17.9. The molecule has 8 nitrogen and oxygen atoms in total. The van der Waals surface area contributed by atoms with Crippen LogP contribution >= 0.6 is 0 Å². The molecule has 0 aliphatic carbocycles. The maximum absolute atomic E-state index is 13.0. The first-order valence-corrected chi connectivity index (χ1v) is 7.04. The third-order valence-electron chi connectivity index (χ3n) is 2.36. The van der Waals surface area contributed by atoms with E-state index in [1.807, 2.05) is 0 Å². The fourth-order valence-corrected chi connectivity index (χ4v) is 1.58. The number of nitrogens with one attached hydrogen (secondary N) is 2. The van der Waals surface area contributed by atoms with Crippen molar-refractivity contribution in [1.82, 2.24) is 4.72 Å². The van der Waals surface area contributed by atoms with E-state index >= 15 is 0 Å². The largest absolute Gasteiger partial charge is 0.382 e. The molecule has 2 radical (unpaired) electrons. The molecule has 0 aromatic heterocycles. The Labute approximate surface area is 130 Å². The summed E-state index contributed by atoms with van der Waals surface area (Å²) in [5, 5.41) is 7.72. The highest BCUT2D eigenvalue weighted by Gasteiger charge is 2.08. The van der Waals surface area contributed by atoms with Crippen molar-refractivity contribution in [2.45, 2.75) is 0 Å². The molecule has 0 spiro atoms. The van der Waals surface area contributed by atoms with Crippen LogP contribution in [0.5, 0.6) is 0 Å². The molecule has 1 aromatic carbocycles. The average molecular weight is 324 g/mol. The van der Waals surface area contributed by atoms with E-state index in [0.29, 0.717) is 0 Å². The molecule has 0 aliphatic heterocycles. The second kappa shape index (κ2) is 8.36. The van der Waals surface area contributed by atoms with Gasteiger partial charge in [0.15, 0.2) is 5.84 Å². The summed E-state index contributed by atoms with van der Waals surface area (Å²) in [5.74, 6) is -0.977. The third kappa shape index (κ3) is 5.72. The SMILES string of the molecule is [B]c1cc(N=C(N)C(=N)C(N)=NCCNS(=O)O)ccc1F. The molecule has 7 N–H and O–H groups in total. The van der Waals surface area contributed by atoms with Gasteiger partial charge < -0.3 is 11.5 Å². The van der Waals surface area contributed by atoms with Gasteiger partial charge >= 0.3 is 0 Å². The van der Waals surface area contributed by atoms with Crippen LogP contribution in [0.4, 0.5) is 10.1 Å². The summed E-state index contributed by atoms with van der Waals surface area (Å²) in [4.78, 5) is 7.70. The summed E-state index contributed by atoms with van der Waals surface area (Å²) in [6.45, 7) is 0.180. The van der Waals surface area contributed by atoms with Gasteiger partial charge in [0.05, 0.1) is 12.2 Å². The maximum atomic E-state index is 13.0. The van der Waals surface area contributed by atoms with Crippen molar-refractivity contribution in [3.63, 3.8) is 0 Å². The van der Waals surface area contributed by atoms with Gasteiger partial charge in [0.25, 0.3) is 0 Å². The average Bonchev–Trinajstić information content (AvgIpc) is 2.46. The minimum Gasteiger partial charge on any atom is -0.382 e. The number of hydrogen-bond donors (Lipinski definition) is 5. The molecule has 0 saturated heterocycles. The second-order valence-electron chi connectivity index (χ2n) is 3.99. The predicted octanol–water partition coefficient (Wildman–Crippen LogP) is -1.29. The van der Waals surface area contributed by atoms with Crippen molar-refractivity contribution in [3.8, 4) is 0 Å². The maximum Gasteiger partial charge on any atom is 0.231 e. The standard InChI is InChI=1S/C11H14BFN6O2S/c12-7-5-6(1-2-8(7)13)19-11(16)9(14)10(15)17-3-4-18-22(20)21/h1-2,5,14,18H,3-4H2,(H2,15,17)(H2,16,19)(H,20,21). The number of hydrogen-bond acceptors (Lipinski definition) is 4. The summed E-state index contributed by atoms with van der Waals surface area (Å²) in [5.41, 5.74) is 11.0. The van der Waals surface area contributed by atoms with Crippen LogP contribution in [0.2, 0.25) is 0 Å². The summed E-state index contributed by atoms with van der Waals surface area (Å²) in [6.07, 6.45) is 0. The van der Waals surface area contributed by atoms with Crippen molar-refractivity contribution in [1.29, 1.82) is 5.41 Å². The molecule has 11 heteroatoms. The van der Waals surface area contributed by atoms with E-state index in [1.54, 1.807) is 0 Å². The fourth-order valence-electron chi connectivity index (χ4n) is 1.32. The lowest BCUT2D eigenvalue weighted by atomic mass is 9.95. The van der Waals surface area contributed by atoms with E-state index in [-0.39, 0.29) is 41.6 Å². The first-order valence-electron chi connectivity index (χ1n) is 5.94. The van der Waals surface area contributed by atoms with E-state index in [2.05, 4.69) is 14.7 Å². The van der Waals surface area contributed by atoms with E-state index in [9.17, 15) is 8.60 Å². The lowest BCUT2D eigenvalue weighted by Gasteiger charge is -2.04. The monoisotopic (exact) mass is 324 g/mol. The van der Waals surface area contributed by atoms with Crippen LogP contribution in [0, 0.1) is 11.2 Å². The van der Waals surface area contributed by atoms with Crippen LogP contribution in [-0.2, 0) is 11.3 Å². The number of aliphatic imine (C=N–C) groups is 2. The molecule has 1 unspecified atom stereocenters. The van der Waals surface area contributed by atoms with Crippen molar-refractivity contribution in [2.75, 3.05) is 13.1 Å². The Kier molecular flexibility index (Phi) is 6.82. The molecular weight excluding hydrogens is 310 g/mol. The molecule has 116 valence electrons. The van der Waals surface area contributed by atoms with Crippen molar-refractivity contribution in [2.24, 2.45) is 21.5 Å². The van der Waals surface area contributed by atoms with Gasteiger partial charge in [-0.25, -0.2) is 18.3 Å². The zero-order valence-electron chi connectivity index (χ0n) is 11.4. The van der Waals surface area contributed by atoms with E-state index < -0.39 is 17.1 Å². The summed E-state index contributed by atoms with van der Waals surface area (Å²) in [7, 11) is 5.40. The number of amidine groups is 2. The molecule has 0 fully saturated rings. The molecule has 0 amide bonds. The van der Waals surface area contributed by atoms with Crippen LogP contribution in [-0.4, -0.2) is 47.1 Å². The van der Waals surface area contributed by atoms with E-state index in [0.717, 1.165) is 6.07 Å². The molecule has 1 atom stereocenters. The van der Waals surface area contributed by atoms with Gasteiger partial charge in [-0.1, -0.05) is 5.46 Å². The van der Waals surface area contributed by atoms with Crippen LogP contribution < -0.4 is 21.7 Å². The highest BCUT2D eigenvalue weighted by Crippen LogP contribution is 2.10. The summed E-state index contributed by atoms with van der Waals surface area (Å²) >= 11 is -2.14. The van der Waals surface area contributed by atoms with Gasteiger partial charge in [-0.05, 0) is 18.2 Å². The van der Waals surface area contributed by atoms with Gasteiger partial charge in [-0.15, -0.1) is 0 Å². The Hall–Kier alpha value is -2.11. The summed E-state index contributed by atoms with van der Waals surface area (Å²) in [6, 6.07) is 3.74. The predicted molar refractivity (Wildman–Crippen MR) is 86.1 cm³/mol. The second-order valence-corrected chi connectivity index (χ2v) is 4.78. The summed E-state index contributed by atoms with van der Waals surface area (Å²) < 4.78 is 34.1. The molecule has 22 heavy (non-hydrogen) atoms. The number of halogens is 1. The zero-order valence-corrected chi connectivity index (χ0v) is 12.2. The molecule has 0 aliphatic rings. The molecule has 0 heterocycles. The van der Waals surface area contributed by atoms with Gasteiger partial charge in [0.2, 0.25) is 11.3 Å². The number of rotatable bonds is 7. The topological polar surface area (TPSA) is 150 Å². The molecule has 0 saturated carbocycles. The number of nitrogens with zero attached hydrogens (tertiary/aromatic N) is 2. The van der Waals surface area contributed by atoms with Gasteiger partial charge in [0.1, 0.15) is 25.2 Å². The Morgan fingerprint density at radius 1 is 1.45 bits per heavy atom. The lowest BCUT2D eigenvalue weighted by Crippen LogP contribution is -2.36. The molecule has 1 aromatic rings. The van der Waals surface area contributed by atoms with E-state index in [4.69, 9.17) is 29.3 Å². The van der Waals surface area contributed by atoms with Crippen LogP contribution in [0.3, 0.4) is 0 Å². The quantitative estimate of drug-likeness (QED) is 0.139. The minimum absolute atomic E-state index is 0.0806. The van der Waals surface area contributed by atoms with Crippen molar-refractivity contribution in [3.05, 3.63) is 24.0 Å². The smallest absolute Gasteiger partial charge is 0.231 e. The van der Waals surface area contributed by atoms with Gasteiger partial charge in [-0.3, -0.25) is 15.0 Å². The highest BCUT2D eigenvalue weighted by molar-refractivity contribution is 7.77. The van der Waals surface area contributed by atoms with Crippen LogP contribution in [0.15, 0.2) is 28.2 Å². The Morgan fingerprint density at radius 2 is 2.14 bits per heavy atom. The lowest BCUT2D eigenvalue weighted by molar-refractivity contribution is 0.550. The zero-order chi connectivity index (χ0) is 16.7. The number of nitrogens with two attached hydrogens (primary N) is 2. The molecule has 1 rings (SSSR count). The Morgan fingerprint density at radius 3 is 2.73 bits per heavy atom. The van der Waals surface area contributed by atoms with Crippen LogP contribution in [0.1, 0.15) is 0 Å². The van der Waals surface area contributed by atoms with E-state index in [1.165, 1.54) is 12.1 Å². The van der Waals surface area contributed by atoms with Crippen molar-refractivity contribution >= 4 is 47.6 Å². The Balaban J connectivity index is 2.74. The highest BCUT2D eigenvalue weighted by atomic mass is 32.2. The fraction of sp³-hybridized carbons (Fsp3) is 0.182. The molecule has 0 bridgehead atoms. The van der Waals surface area contributed by atoms with Crippen LogP contribution in [0.25, 0.3) is 0 Å². The number of benzene rings is 1. The van der Waals surface area contributed by atoms with Gasteiger partial charge in [0, 0.05) is 6.54 Å². The Bertz CT molecular complexity index is 651. The normalized spacial score (nSPS) is 13.9. The van der Waals surface area contributed by atoms with Crippen molar-refractivity contribution < 1.29 is 13.2 Å². The van der Waals surface area contributed by atoms with Gasteiger partial charge in [-0.2, -0.15) is 0 Å².